The van der Waals surface area contributed by atoms with Crippen LogP contribution in [-0.4, -0.2) is 38.6 Å². The molecule has 0 fully saturated rings. The van der Waals surface area contributed by atoms with Gasteiger partial charge in [-0.25, -0.2) is 0 Å². The van der Waals surface area contributed by atoms with Gasteiger partial charge in [0.2, 0.25) is 5.91 Å². The molecule has 2 aromatic carbocycles. The minimum Gasteiger partial charge on any atom is -0.493 e. The van der Waals surface area contributed by atoms with Gasteiger partial charge in [-0.1, -0.05) is 52.8 Å². The SMILES string of the molecule is COc1ccc(CCNC(=O)C(NC(=O)c2ccc(C(C)(C)C)cc2)C(C)C)cc1OC. The maximum absolute atomic E-state index is 12.8. The van der Waals surface area contributed by atoms with E-state index in [1.165, 1.54) is 0 Å². The number of carbonyl (C=O) groups is 2. The standard InChI is InChI=1S/C26H36N2O4/c1-17(2)23(28-24(29)19-9-11-20(12-10-19)26(3,4)5)25(30)27-15-14-18-8-13-21(31-6)22(16-18)32-7/h8-13,16-17,23H,14-15H2,1-7H3,(H,27,30)(H,28,29). The molecule has 32 heavy (non-hydrogen) atoms. The molecule has 0 saturated heterocycles. The van der Waals surface area contributed by atoms with Crippen molar-refractivity contribution in [2.75, 3.05) is 20.8 Å². The minimum absolute atomic E-state index is 0.0171. The highest BCUT2D eigenvalue weighted by Gasteiger charge is 2.24. The fourth-order valence-electron chi connectivity index (χ4n) is 3.36. The largest absolute Gasteiger partial charge is 0.493 e. The van der Waals surface area contributed by atoms with Gasteiger partial charge >= 0.3 is 0 Å². The number of benzene rings is 2. The van der Waals surface area contributed by atoms with Crippen molar-refractivity contribution >= 4 is 11.8 Å². The molecule has 0 radical (unpaired) electrons. The Kier molecular flexibility index (Phi) is 8.70. The Bertz CT molecular complexity index is 914. The van der Waals surface area contributed by atoms with Crippen LogP contribution in [0, 0.1) is 5.92 Å². The summed E-state index contributed by atoms with van der Waals surface area (Å²) in [5.41, 5.74) is 2.74. The van der Waals surface area contributed by atoms with Crippen LogP contribution in [0.25, 0.3) is 0 Å². The second-order valence-electron chi connectivity index (χ2n) is 9.25. The van der Waals surface area contributed by atoms with E-state index in [4.69, 9.17) is 9.47 Å². The van der Waals surface area contributed by atoms with Gasteiger partial charge in [0.15, 0.2) is 11.5 Å². The number of carbonyl (C=O) groups excluding carboxylic acids is 2. The molecule has 0 saturated carbocycles. The number of hydrogen-bond acceptors (Lipinski definition) is 4. The zero-order valence-electron chi connectivity index (χ0n) is 20.2. The molecule has 2 N–H and O–H groups in total. The second kappa shape index (κ2) is 11.0. The van der Waals surface area contributed by atoms with Crippen LogP contribution in [0.5, 0.6) is 11.5 Å². The fourth-order valence-corrected chi connectivity index (χ4v) is 3.36. The average molecular weight is 441 g/mol. The first-order valence-electron chi connectivity index (χ1n) is 11.0. The van der Waals surface area contributed by atoms with Gasteiger partial charge in [0, 0.05) is 12.1 Å². The van der Waals surface area contributed by atoms with Crippen LogP contribution in [0.3, 0.4) is 0 Å². The van der Waals surface area contributed by atoms with Gasteiger partial charge in [-0.2, -0.15) is 0 Å². The van der Waals surface area contributed by atoms with Crippen LogP contribution in [0.4, 0.5) is 0 Å². The predicted octanol–water partition coefficient (Wildman–Crippen LogP) is 4.11. The van der Waals surface area contributed by atoms with Crippen LogP contribution in [0.2, 0.25) is 0 Å². The van der Waals surface area contributed by atoms with E-state index in [1.807, 2.05) is 56.3 Å². The maximum Gasteiger partial charge on any atom is 0.251 e. The normalized spacial score (nSPS) is 12.2. The molecule has 2 amide bonds. The van der Waals surface area contributed by atoms with E-state index >= 15 is 0 Å². The molecule has 0 aromatic heterocycles. The van der Waals surface area contributed by atoms with Crippen molar-refractivity contribution < 1.29 is 19.1 Å². The van der Waals surface area contributed by atoms with Crippen molar-refractivity contribution in [3.8, 4) is 11.5 Å². The monoisotopic (exact) mass is 440 g/mol. The van der Waals surface area contributed by atoms with Crippen molar-refractivity contribution in [2.24, 2.45) is 5.92 Å². The van der Waals surface area contributed by atoms with Crippen molar-refractivity contribution in [3.63, 3.8) is 0 Å². The molecule has 0 aliphatic heterocycles. The van der Waals surface area contributed by atoms with Crippen molar-refractivity contribution in [1.29, 1.82) is 0 Å². The predicted molar refractivity (Wildman–Crippen MR) is 127 cm³/mol. The first kappa shape index (κ1) is 25.2. The molecule has 0 spiro atoms. The molecule has 6 nitrogen and oxygen atoms in total. The molecule has 1 unspecified atom stereocenters. The Balaban J connectivity index is 1.97. The minimum atomic E-state index is -0.616. The number of rotatable bonds is 9. The molecule has 0 bridgehead atoms. The highest BCUT2D eigenvalue weighted by molar-refractivity contribution is 5.97. The topological polar surface area (TPSA) is 76.7 Å². The smallest absolute Gasteiger partial charge is 0.251 e. The summed E-state index contributed by atoms with van der Waals surface area (Å²) < 4.78 is 10.6. The van der Waals surface area contributed by atoms with Crippen LogP contribution in [0.15, 0.2) is 42.5 Å². The highest BCUT2D eigenvalue weighted by atomic mass is 16.5. The van der Waals surface area contributed by atoms with Crippen LogP contribution in [0.1, 0.15) is 56.1 Å². The molecule has 174 valence electrons. The van der Waals surface area contributed by atoms with E-state index < -0.39 is 6.04 Å². The van der Waals surface area contributed by atoms with E-state index in [2.05, 4.69) is 31.4 Å². The Morgan fingerprint density at radius 3 is 2.09 bits per heavy atom. The lowest BCUT2D eigenvalue weighted by Gasteiger charge is -2.22. The molecular weight excluding hydrogens is 404 g/mol. The Hall–Kier alpha value is -3.02. The van der Waals surface area contributed by atoms with Gasteiger partial charge in [-0.15, -0.1) is 0 Å². The molecule has 6 heteroatoms. The number of amides is 2. The summed E-state index contributed by atoms with van der Waals surface area (Å²) >= 11 is 0. The molecular formula is C26H36N2O4. The first-order chi connectivity index (χ1) is 15.1. The van der Waals surface area contributed by atoms with E-state index in [-0.39, 0.29) is 23.1 Å². The van der Waals surface area contributed by atoms with Gasteiger partial charge in [-0.05, 0) is 53.1 Å². The zero-order valence-corrected chi connectivity index (χ0v) is 20.2. The average Bonchev–Trinajstić information content (AvgIpc) is 2.76. The molecule has 0 heterocycles. The van der Waals surface area contributed by atoms with Gasteiger partial charge in [-0.3, -0.25) is 9.59 Å². The van der Waals surface area contributed by atoms with Crippen molar-refractivity contribution in [1.82, 2.24) is 10.6 Å². The summed E-state index contributed by atoms with van der Waals surface area (Å²) in [6, 6.07) is 12.6. The summed E-state index contributed by atoms with van der Waals surface area (Å²) in [5, 5.41) is 5.82. The van der Waals surface area contributed by atoms with Crippen molar-refractivity contribution in [3.05, 3.63) is 59.2 Å². The summed E-state index contributed by atoms with van der Waals surface area (Å²) in [7, 11) is 3.19. The van der Waals surface area contributed by atoms with Crippen LogP contribution < -0.4 is 20.1 Å². The van der Waals surface area contributed by atoms with Crippen LogP contribution >= 0.6 is 0 Å². The van der Waals surface area contributed by atoms with Gasteiger partial charge in [0.1, 0.15) is 6.04 Å². The fraction of sp³-hybridized carbons (Fsp3) is 0.462. The number of nitrogens with one attached hydrogen (secondary N) is 2. The van der Waals surface area contributed by atoms with E-state index in [0.29, 0.717) is 30.0 Å². The van der Waals surface area contributed by atoms with Gasteiger partial charge < -0.3 is 20.1 Å². The second-order valence-corrected chi connectivity index (χ2v) is 9.25. The third-order valence-corrected chi connectivity index (χ3v) is 5.41. The van der Waals surface area contributed by atoms with E-state index in [0.717, 1.165) is 11.1 Å². The third-order valence-electron chi connectivity index (χ3n) is 5.41. The Labute approximate surface area is 191 Å². The molecule has 0 aliphatic rings. The summed E-state index contributed by atoms with van der Waals surface area (Å²) in [6.07, 6.45) is 0.638. The zero-order chi connectivity index (χ0) is 23.9. The quantitative estimate of drug-likeness (QED) is 0.615. The number of hydrogen-bond donors (Lipinski definition) is 2. The van der Waals surface area contributed by atoms with E-state index in [1.54, 1.807) is 14.2 Å². The summed E-state index contributed by atoms with van der Waals surface area (Å²) in [4.78, 5) is 25.5. The summed E-state index contributed by atoms with van der Waals surface area (Å²) in [6.45, 7) is 10.7. The highest BCUT2D eigenvalue weighted by Crippen LogP contribution is 2.27. The third kappa shape index (κ3) is 6.74. The molecule has 1 atom stereocenters. The lowest BCUT2D eigenvalue weighted by atomic mass is 9.86. The molecule has 2 rings (SSSR count). The summed E-state index contributed by atoms with van der Waals surface area (Å²) in [5.74, 6) is 0.827. The Morgan fingerprint density at radius 2 is 1.56 bits per heavy atom. The molecule has 2 aromatic rings. The number of methoxy groups -OCH3 is 2. The lowest BCUT2D eigenvalue weighted by molar-refractivity contribution is -0.123. The van der Waals surface area contributed by atoms with E-state index in [9.17, 15) is 9.59 Å². The number of ether oxygens (including phenoxy) is 2. The van der Waals surface area contributed by atoms with Crippen molar-refractivity contribution in [2.45, 2.75) is 52.5 Å². The Morgan fingerprint density at radius 1 is 0.938 bits per heavy atom. The van der Waals surface area contributed by atoms with Crippen LogP contribution in [-0.2, 0) is 16.6 Å². The lowest BCUT2D eigenvalue weighted by Crippen LogP contribution is -2.50. The first-order valence-corrected chi connectivity index (χ1v) is 11.0. The maximum atomic E-state index is 12.8. The van der Waals surface area contributed by atoms with Gasteiger partial charge in [0.25, 0.3) is 5.91 Å². The molecule has 0 aliphatic carbocycles. The van der Waals surface area contributed by atoms with Gasteiger partial charge in [0.05, 0.1) is 14.2 Å².